The van der Waals surface area contributed by atoms with Crippen LogP contribution in [-0.4, -0.2) is 17.8 Å². The Bertz CT molecular complexity index is 443. The molecule has 0 aliphatic rings. The van der Waals surface area contributed by atoms with Gasteiger partial charge in [-0.05, 0) is 11.5 Å². The van der Waals surface area contributed by atoms with E-state index in [0.717, 1.165) is 5.56 Å². The third-order valence-electron chi connectivity index (χ3n) is 2.40. The molecule has 0 saturated carbocycles. The summed E-state index contributed by atoms with van der Waals surface area (Å²) in [7, 11) is 0. The van der Waals surface area contributed by atoms with Crippen molar-refractivity contribution >= 4 is 17.8 Å². The predicted molar refractivity (Wildman–Crippen MR) is 66.8 cm³/mol. The first kappa shape index (κ1) is 13.9. The average Bonchev–Trinajstić information content (AvgIpc) is 2.28. The van der Waals surface area contributed by atoms with Gasteiger partial charge in [0, 0.05) is 13.3 Å². The van der Waals surface area contributed by atoms with Gasteiger partial charge in [-0.2, -0.15) is 0 Å². The van der Waals surface area contributed by atoms with Crippen molar-refractivity contribution in [3.63, 3.8) is 0 Å². The van der Waals surface area contributed by atoms with Crippen LogP contribution in [0.25, 0.3) is 0 Å². The molecule has 0 fully saturated rings. The fourth-order valence-corrected chi connectivity index (χ4v) is 1.55. The topological polar surface area (TPSA) is 75.3 Å². The highest BCUT2D eigenvalue weighted by Gasteiger charge is 2.13. The van der Waals surface area contributed by atoms with E-state index in [1.165, 1.54) is 6.92 Å². The van der Waals surface area contributed by atoms with Crippen LogP contribution in [0.2, 0.25) is 0 Å². The average molecular weight is 248 g/mol. The lowest BCUT2D eigenvalue weighted by Crippen LogP contribution is -2.41. The quantitative estimate of drug-likeness (QED) is 0.852. The number of amides is 4. The Morgan fingerprint density at radius 2 is 1.72 bits per heavy atom. The van der Waals surface area contributed by atoms with Crippen LogP contribution in [0, 0.1) is 0 Å². The molecule has 4 amide bonds. The molecule has 18 heavy (non-hydrogen) atoms. The molecule has 0 saturated heterocycles. The van der Waals surface area contributed by atoms with E-state index in [-0.39, 0.29) is 12.3 Å². The van der Waals surface area contributed by atoms with E-state index in [4.69, 9.17) is 0 Å². The van der Waals surface area contributed by atoms with Crippen molar-refractivity contribution in [3.05, 3.63) is 35.9 Å². The third kappa shape index (κ3) is 4.78. The number of urea groups is 1. The van der Waals surface area contributed by atoms with Gasteiger partial charge >= 0.3 is 6.03 Å². The zero-order chi connectivity index (χ0) is 13.5. The molecule has 0 aromatic heterocycles. The van der Waals surface area contributed by atoms with Crippen molar-refractivity contribution in [3.8, 4) is 0 Å². The summed E-state index contributed by atoms with van der Waals surface area (Å²) in [6.45, 7) is 3.11. The zero-order valence-corrected chi connectivity index (χ0v) is 10.4. The molecule has 1 rings (SSSR count). The van der Waals surface area contributed by atoms with Crippen molar-refractivity contribution in [2.45, 2.75) is 26.2 Å². The monoisotopic (exact) mass is 248 g/mol. The van der Waals surface area contributed by atoms with Gasteiger partial charge in [0.05, 0.1) is 0 Å². The number of rotatable bonds is 3. The van der Waals surface area contributed by atoms with E-state index in [0.29, 0.717) is 0 Å². The SMILES string of the molecule is CC(=O)NC(=O)NC(=O)CC(C)c1ccccc1. The molecule has 1 aromatic rings. The lowest BCUT2D eigenvalue weighted by atomic mass is 9.98. The van der Waals surface area contributed by atoms with E-state index in [2.05, 4.69) is 5.32 Å². The van der Waals surface area contributed by atoms with Crippen LogP contribution in [0.4, 0.5) is 4.79 Å². The summed E-state index contributed by atoms with van der Waals surface area (Å²) in [5, 5.41) is 4.08. The molecule has 96 valence electrons. The molecule has 0 bridgehead atoms. The molecule has 5 nitrogen and oxygen atoms in total. The highest BCUT2D eigenvalue weighted by molar-refractivity contribution is 6.01. The van der Waals surface area contributed by atoms with Crippen LogP contribution < -0.4 is 10.6 Å². The first-order chi connectivity index (χ1) is 8.49. The lowest BCUT2D eigenvalue weighted by Gasteiger charge is -2.11. The van der Waals surface area contributed by atoms with Crippen molar-refractivity contribution in [1.82, 2.24) is 10.6 Å². The number of hydrogen-bond donors (Lipinski definition) is 2. The molecule has 1 aromatic carbocycles. The minimum absolute atomic E-state index is 0.0105. The van der Waals surface area contributed by atoms with Crippen molar-refractivity contribution < 1.29 is 14.4 Å². The van der Waals surface area contributed by atoms with Gasteiger partial charge in [-0.1, -0.05) is 37.3 Å². The Balaban J connectivity index is 2.45. The van der Waals surface area contributed by atoms with Crippen molar-refractivity contribution in [2.75, 3.05) is 0 Å². The Kier molecular flexibility index (Phi) is 5.05. The Hall–Kier alpha value is -2.17. The third-order valence-corrected chi connectivity index (χ3v) is 2.40. The summed E-state index contributed by atoms with van der Waals surface area (Å²) in [6.07, 6.45) is 0.190. The number of carbonyl (C=O) groups is 3. The summed E-state index contributed by atoms with van der Waals surface area (Å²) in [6, 6.07) is 8.75. The molecular formula is C13H16N2O3. The van der Waals surface area contributed by atoms with Gasteiger partial charge in [0.25, 0.3) is 0 Å². The van der Waals surface area contributed by atoms with E-state index < -0.39 is 17.8 Å². The minimum atomic E-state index is -0.784. The van der Waals surface area contributed by atoms with E-state index >= 15 is 0 Å². The van der Waals surface area contributed by atoms with Crippen molar-refractivity contribution in [1.29, 1.82) is 0 Å². The first-order valence-corrected chi connectivity index (χ1v) is 5.65. The van der Waals surface area contributed by atoms with E-state index in [1.807, 2.05) is 42.6 Å². The molecule has 0 spiro atoms. The van der Waals surface area contributed by atoms with Crippen LogP contribution in [0.5, 0.6) is 0 Å². The van der Waals surface area contributed by atoms with E-state index in [9.17, 15) is 14.4 Å². The summed E-state index contributed by atoms with van der Waals surface area (Å²) in [5.41, 5.74) is 1.03. The maximum Gasteiger partial charge on any atom is 0.328 e. The van der Waals surface area contributed by atoms with Gasteiger partial charge in [0.15, 0.2) is 0 Å². The second-order valence-electron chi connectivity index (χ2n) is 4.07. The standard InChI is InChI=1S/C13H16N2O3/c1-9(11-6-4-3-5-7-11)8-12(17)15-13(18)14-10(2)16/h3-7,9H,8H2,1-2H3,(H2,14,15,16,17,18). The Labute approximate surface area is 106 Å². The van der Waals surface area contributed by atoms with Gasteiger partial charge in [-0.25, -0.2) is 4.79 Å². The van der Waals surface area contributed by atoms with Gasteiger partial charge in [-0.15, -0.1) is 0 Å². The molecule has 5 heteroatoms. The number of nitrogens with one attached hydrogen (secondary N) is 2. The largest absolute Gasteiger partial charge is 0.328 e. The number of imide groups is 2. The summed E-state index contributed by atoms with van der Waals surface area (Å²) < 4.78 is 0. The number of carbonyl (C=O) groups excluding carboxylic acids is 3. The highest BCUT2D eigenvalue weighted by atomic mass is 16.2. The molecular weight excluding hydrogens is 232 g/mol. The van der Waals surface area contributed by atoms with Crippen LogP contribution in [0.3, 0.4) is 0 Å². The molecule has 0 aliphatic carbocycles. The van der Waals surface area contributed by atoms with Gasteiger partial charge < -0.3 is 0 Å². The van der Waals surface area contributed by atoms with Gasteiger partial charge in [-0.3, -0.25) is 20.2 Å². The predicted octanol–water partition coefficient (Wildman–Crippen LogP) is 1.55. The minimum Gasteiger partial charge on any atom is -0.278 e. The van der Waals surface area contributed by atoms with Crippen LogP contribution in [-0.2, 0) is 9.59 Å². The summed E-state index contributed by atoms with van der Waals surface area (Å²) >= 11 is 0. The Morgan fingerprint density at radius 3 is 2.28 bits per heavy atom. The van der Waals surface area contributed by atoms with Gasteiger partial charge in [0.2, 0.25) is 11.8 Å². The zero-order valence-electron chi connectivity index (χ0n) is 10.4. The first-order valence-electron chi connectivity index (χ1n) is 5.65. The number of benzene rings is 1. The molecule has 1 atom stereocenters. The Morgan fingerprint density at radius 1 is 1.11 bits per heavy atom. The second kappa shape index (κ2) is 6.54. The summed E-state index contributed by atoms with van der Waals surface area (Å²) in [5.74, 6) is -0.905. The maximum atomic E-state index is 11.5. The summed E-state index contributed by atoms with van der Waals surface area (Å²) in [4.78, 5) is 33.2. The lowest BCUT2D eigenvalue weighted by molar-refractivity contribution is -0.120. The molecule has 0 radical (unpaired) electrons. The van der Waals surface area contributed by atoms with Crippen molar-refractivity contribution in [2.24, 2.45) is 0 Å². The number of hydrogen-bond acceptors (Lipinski definition) is 3. The van der Waals surface area contributed by atoms with Crippen LogP contribution in [0.1, 0.15) is 31.7 Å². The fraction of sp³-hybridized carbons (Fsp3) is 0.308. The molecule has 1 unspecified atom stereocenters. The normalized spacial score (nSPS) is 11.4. The highest BCUT2D eigenvalue weighted by Crippen LogP contribution is 2.17. The van der Waals surface area contributed by atoms with Crippen LogP contribution >= 0.6 is 0 Å². The molecule has 0 aliphatic heterocycles. The molecule has 2 N–H and O–H groups in total. The smallest absolute Gasteiger partial charge is 0.278 e. The second-order valence-corrected chi connectivity index (χ2v) is 4.07. The molecule has 0 heterocycles. The van der Waals surface area contributed by atoms with E-state index in [1.54, 1.807) is 0 Å². The van der Waals surface area contributed by atoms with Gasteiger partial charge in [0.1, 0.15) is 0 Å². The maximum absolute atomic E-state index is 11.5. The van der Waals surface area contributed by atoms with Crippen LogP contribution in [0.15, 0.2) is 30.3 Å². The fourth-order valence-electron chi connectivity index (χ4n) is 1.55.